The maximum Gasteiger partial charge on any atom is 0.308 e. The lowest BCUT2D eigenvalue weighted by atomic mass is 10.0. The van der Waals surface area contributed by atoms with Gasteiger partial charge in [0, 0.05) is 24.5 Å². The third-order valence-corrected chi connectivity index (χ3v) is 6.40. The summed E-state index contributed by atoms with van der Waals surface area (Å²) in [5.41, 5.74) is 0.775. The summed E-state index contributed by atoms with van der Waals surface area (Å²) in [6.45, 7) is 6.56. The number of amides is 1. The number of hydrogen-bond acceptors (Lipinski definition) is 8. The highest BCUT2D eigenvalue weighted by atomic mass is 32.1. The molecule has 9 heteroatoms. The Morgan fingerprint density at radius 3 is 2.76 bits per heavy atom. The van der Waals surface area contributed by atoms with Gasteiger partial charge in [-0.05, 0) is 42.5 Å². The summed E-state index contributed by atoms with van der Waals surface area (Å²) >= 11 is 1.72. The van der Waals surface area contributed by atoms with Crippen molar-refractivity contribution in [1.82, 2.24) is 16.0 Å². The zero-order valence-corrected chi connectivity index (χ0v) is 20.7. The molecule has 34 heavy (non-hydrogen) atoms. The van der Waals surface area contributed by atoms with Crippen LogP contribution < -0.4 is 25.4 Å². The van der Waals surface area contributed by atoms with Crippen LogP contribution in [0, 0.1) is 0 Å². The van der Waals surface area contributed by atoms with Crippen molar-refractivity contribution in [2.24, 2.45) is 0 Å². The number of ether oxygens (including phenoxy) is 3. The lowest BCUT2D eigenvalue weighted by Crippen LogP contribution is -2.47. The predicted molar refractivity (Wildman–Crippen MR) is 132 cm³/mol. The Labute approximate surface area is 205 Å². The number of nitrogens with one attached hydrogen (secondary N) is 3. The largest absolute Gasteiger partial charge is 0.466 e. The number of esters is 1. The van der Waals surface area contributed by atoms with Crippen LogP contribution in [0.4, 0.5) is 0 Å². The minimum atomic E-state index is -0.524. The van der Waals surface area contributed by atoms with Crippen molar-refractivity contribution >= 4 is 23.2 Å². The normalized spacial score (nSPS) is 13.9. The summed E-state index contributed by atoms with van der Waals surface area (Å²) in [7, 11) is 0. The fourth-order valence-corrected chi connectivity index (χ4v) is 4.41. The van der Waals surface area contributed by atoms with Crippen LogP contribution in [0.3, 0.4) is 0 Å². The van der Waals surface area contributed by atoms with Crippen molar-refractivity contribution in [2.75, 3.05) is 26.5 Å². The van der Waals surface area contributed by atoms with Crippen molar-refractivity contribution < 1.29 is 23.8 Å². The Kier molecular flexibility index (Phi) is 10.7. The van der Waals surface area contributed by atoms with Gasteiger partial charge in [-0.15, -0.1) is 11.3 Å². The molecule has 1 aromatic carbocycles. The summed E-state index contributed by atoms with van der Waals surface area (Å²) in [5, 5.41) is 11.9. The minimum absolute atomic E-state index is 0.0437. The molecular formula is C25H35N3O5S. The molecule has 0 spiro atoms. The fraction of sp³-hybridized carbons (Fsp3) is 0.520. The smallest absolute Gasteiger partial charge is 0.308 e. The van der Waals surface area contributed by atoms with E-state index in [0.29, 0.717) is 24.7 Å². The van der Waals surface area contributed by atoms with Crippen molar-refractivity contribution in [2.45, 2.75) is 58.2 Å². The van der Waals surface area contributed by atoms with Crippen LogP contribution in [-0.2, 0) is 20.9 Å². The van der Waals surface area contributed by atoms with E-state index in [1.807, 2.05) is 18.2 Å². The standard InChI is InChI=1S/C25H35N3O5S/c1-3-5-8-20(27-12-11-26-16-19-7-6-13-34-19)25(30)28-21(15-24(29)31-4-2)18-9-10-22-23(14-18)33-17-32-22/h6-7,9-10,13-14,20-21,26-27H,3-5,8,11-12,15-17H2,1-2H3,(H,28,30)/t20-,21-/m0/s1. The molecule has 2 heterocycles. The summed E-state index contributed by atoms with van der Waals surface area (Å²) < 4.78 is 16.0. The lowest BCUT2D eigenvalue weighted by Gasteiger charge is -2.24. The van der Waals surface area contributed by atoms with Crippen LogP contribution in [-0.4, -0.2) is 44.4 Å². The molecule has 2 aromatic rings. The Morgan fingerprint density at radius 1 is 1.15 bits per heavy atom. The van der Waals surface area contributed by atoms with Crippen molar-refractivity contribution in [3.63, 3.8) is 0 Å². The topological polar surface area (TPSA) is 97.9 Å². The van der Waals surface area contributed by atoms with E-state index >= 15 is 0 Å². The van der Waals surface area contributed by atoms with E-state index in [1.54, 1.807) is 24.3 Å². The quantitative estimate of drug-likeness (QED) is 0.260. The van der Waals surface area contributed by atoms with Crippen molar-refractivity contribution in [1.29, 1.82) is 0 Å². The molecule has 1 aliphatic rings. The number of carbonyl (C=O) groups is 2. The Hall–Kier alpha value is -2.62. The Morgan fingerprint density at radius 2 is 2.00 bits per heavy atom. The number of hydrogen-bond donors (Lipinski definition) is 3. The first-order chi connectivity index (χ1) is 16.6. The first-order valence-corrected chi connectivity index (χ1v) is 12.8. The van der Waals surface area contributed by atoms with Crippen molar-refractivity contribution in [3.05, 3.63) is 46.2 Å². The van der Waals surface area contributed by atoms with Crippen LogP contribution in [0.25, 0.3) is 0 Å². The zero-order valence-electron chi connectivity index (χ0n) is 19.9. The van der Waals surface area contributed by atoms with E-state index in [0.717, 1.165) is 37.9 Å². The highest BCUT2D eigenvalue weighted by molar-refractivity contribution is 7.09. The van der Waals surface area contributed by atoms with E-state index in [2.05, 4.69) is 34.3 Å². The van der Waals surface area contributed by atoms with Crippen molar-refractivity contribution in [3.8, 4) is 11.5 Å². The maximum absolute atomic E-state index is 13.3. The monoisotopic (exact) mass is 489 g/mol. The van der Waals surface area contributed by atoms with Gasteiger partial charge in [0.15, 0.2) is 11.5 Å². The summed E-state index contributed by atoms with van der Waals surface area (Å²) in [4.78, 5) is 26.8. The number of unbranched alkanes of at least 4 members (excludes halogenated alkanes) is 1. The maximum atomic E-state index is 13.3. The van der Waals surface area contributed by atoms with E-state index in [9.17, 15) is 9.59 Å². The molecule has 0 radical (unpaired) electrons. The number of thiophene rings is 1. The molecule has 0 saturated carbocycles. The van der Waals surface area contributed by atoms with Gasteiger partial charge in [-0.1, -0.05) is 31.9 Å². The molecule has 8 nitrogen and oxygen atoms in total. The second kappa shape index (κ2) is 13.9. The van der Waals surface area contributed by atoms with Crippen LogP contribution in [0.5, 0.6) is 11.5 Å². The molecule has 0 saturated heterocycles. The molecule has 0 aliphatic carbocycles. The Balaban J connectivity index is 1.61. The van der Waals surface area contributed by atoms with Gasteiger partial charge >= 0.3 is 5.97 Å². The molecule has 0 unspecified atom stereocenters. The van der Waals surface area contributed by atoms with Gasteiger partial charge in [-0.25, -0.2) is 0 Å². The summed E-state index contributed by atoms with van der Waals surface area (Å²) in [6, 6.07) is 8.73. The van der Waals surface area contributed by atoms with Crippen LogP contribution in [0.15, 0.2) is 35.7 Å². The second-order valence-corrected chi connectivity index (χ2v) is 9.12. The lowest BCUT2D eigenvalue weighted by molar-refractivity contribution is -0.143. The van der Waals surface area contributed by atoms with Gasteiger partial charge in [-0.3, -0.25) is 9.59 Å². The van der Waals surface area contributed by atoms with E-state index in [4.69, 9.17) is 14.2 Å². The fourth-order valence-electron chi connectivity index (χ4n) is 3.73. The molecule has 2 atom stereocenters. The first-order valence-electron chi connectivity index (χ1n) is 11.9. The zero-order chi connectivity index (χ0) is 24.2. The van der Waals surface area contributed by atoms with E-state index < -0.39 is 6.04 Å². The molecule has 3 rings (SSSR count). The SMILES string of the molecule is CCCC[C@H](NCCNCc1cccs1)C(=O)N[C@@H](CC(=O)OCC)c1ccc2c(c1)OCO2. The number of benzene rings is 1. The van der Waals surface area contributed by atoms with E-state index in [1.165, 1.54) is 4.88 Å². The van der Waals surface area contributed by atoms with Gasteiger partial charge < -0.3 is 30.2 Å². The molecule has 3 N–H and O–H groups in total. The third-order valence-electron chi connectivity index (χ3n) is 5.53. The highest BCUT2D eigenvalue weighted by Crippen LogP contribution is 2.35. The molecule has 0 fully saturated rings. The minimum Gasteiger partial charge on any atom is -0.466 e. The van der Waals surface area contributed by atoms with Gasteiger partial charge in [0.2, 0.25) is 12.7 Å². The average Bonchev–Trinajstić information content (AvgIpc) is 3.52. The second-order valence-electron chi connectivity index (χ2n) is 8.09. The molecular weight excluding hydrogens is 454 g/mol. The van der Waals surface area contributed by atoms with Crippen LogP contribution in [0.2, 0.25) is 0 Å². The molecule has 1 aliphatic heterocycles. The van der Waals surface area contributed by atoms with Gasteiger partial charge in [-0.2, -0.15) is 0 Å². The van der Waals surface area contributed by atoms with E-state index in [-0.39, 0.29) is 31.1 Å². The third kappa shape index (κ3) is 8.00. The molecule has 1 amide bonds. The molecule has 1 aromatic heterocycles. The number of rotatable bonds is 15. The first kappa shape index (κ1) is 26.0. The van der Waals surface area contributed by atoms with Gasteiger partial charge in [0.05, 0.1) is 25.1 Å². The van der Waals surface area contributed by atoms with Gasteiger partial charge in [0.1, 0.15) is 0 Å². The molecule has 186 valence electrons. The summed E-state index contributed by atoms with van der Waals surface area (Å²) in [5.74, 6) is 0.778. The number of fused-ring (bicyclic) bond motifs is 1. The van der Waals surface area contributed by atoms with Crippen LogP contribution in [0.1, 0.15) is 56.0 Å². The average molecular weight is 490 g/mol. The Bertz CT molecular complexity index is 906. The van der Waals surface area contributed by atoms with Gasteiger partial charge in [0.25, 0.3) is 0 Å². The number of carbonyl (C=O) groups excluding carboxylic acids is 2. The predicted octanol–water partition coefficient (Wildman–Crippen LogP) is 3.53. The summed E-state index contributed by atoms with van der Waals surface area (Å²) in [6.07, 6.45) is 2.69. The highest BCUT2D eigenvalue weighted by Gasteiger charge is 2.25. The molecule has 0 bridgehead atoms. The van der Waals surface area contributed by atoms with Crippen LogP contribution >= 0.6 is 11.3 Å².